The van der Waals surface area contributed by atoms with Gasteiger partial charge in [0.1, 0.15) is 5.82 Å². The molecule has 3 nitrogen and oxygen atoms in total. The highest BCUT2D eigenvalue weighted by molar-refractivity contribution is 5.48. The number of hydrogen-bond donors (Lipinski definition) is 1. The monoisotopic (exact) mass is 219 g/mol. The zero-order valence-corrected chi connectivity index (χ0v) is 8.52. The third kappa shape index (κ3) is 1.57. The maximum Gasteiger partial charge on any atom is 0.410 e. The Morgan fingerprint density at radius 2 is 2.07 bits per heavy atom. The molecule has 6 heteroatoms. The van der Waals surface area contributed by atoms with Crippen molar-refractivity contribution >= 4 is 5.82 Å². The van der Waals surface area contributed by atoms with E-state index in [1.807, 2.05) is 0 Å². The van der Waals surface area contributed by atoms with Crippen LogP contribution >= 0.6 is 0 Å². The first-order valence-corrected chi connectivity index (χ1v) is 4.77. The highest BCUT2D eigenvalue weighted by Crippen LogP contribution is 2.38. The molecule has 0 aliphatic carbocycles. The molecule has 1 aliphatic heterocycles. The molecule has 1 aromatic heterocycles. The molecule has 1 unspecified atom stereocenters. The summed E-state index contributed by atoms with van der Waals surface area (Å²) in [6.45, 7) is 3.84. The standard InChI is InChI=1S/C9H12F3N3/c1-5-6(2)14-15-7(9(10,11)12)3-4-13-8(5)15/h7,13H,3-4H2,1-2H3. The summed E-state index contributed by atoms with van der Waals surface area (Å²) in [7, 11) is 0. The van der Waals surface area contributed by atoms with E-state index in [2.05, 4.69) is 10.4 Å². The number of nitrogens with one attached hydrogen (secondary N) is 1. The second-order valence-electron chi connectivity index (χ2n) is 3.78. The third-order valence-corrected chi connectivity index (χ3v) is 2.77. The average molecular weight is 219 g/mol. The SMILES string of the molecule is Cc1nn2c(c1C)NCCC2C(F)(F)F. The van der Waals surface area contributed by atoms with Gasteiger partial charge in [-0.15, -0.1) is 0 Å². The lowest BCUT2D eigenvalue weighted by Crippen LogP contribution is -2.34. The van der Waals surface area contributed by atoms with Gasteiger partial charge in [-0.25, -0.2) is 4.68 Å². The fraction of sp³-hybridized carbons (Fsp3) is 0.667. The third-order valence-electron chi connectivity index (χ3n) is 2.77. The lowest BCUT2D eigenvalue weighted by Gasteiger charge is -2.27. The Kier molecular flexibility index (Phi) is 2.17. The summed E-state index contributed by atoms with van der Waals surface area (Å²) < 4.78 is 39.1. The van der Waals surface area contributed by atoms with Crippen molar-refractivity contribution in [2.45, 2.75) is 32.5 Å². The lowest BCUT2D eigenvalue weighted by atomic mass is 10.1. The van der Waals surface area contributed by atoms with Gasteiger partial charge in [-0.3, -0.25) is 0 Å². The summed E-state index contributed by atoms with van der Waals surface area (Å²) in [5.41, 5.74) is 1.44. The number of rotatable bonds is 0. The molecule has 0 amide bonds. The molecule has 0 radical (unpaired) electrons. The Hall–Kier alpha value is -1.20. The molecule has 1 aromatic rings. The van der Waals surface area contributed by atoms with Crippen molar-refractivity contribution in [3.63, 3.8) is 0 Å². The second-order valence-corrected chi connectivity index (χ2v) is 3.78. The molecular weight excluding hydrogens is 207 g/mol. The molecule has 84 valence electrons. The molecular formula is C9H12F3N3. The highest BCUT2D eigenvalue weighted by atomic mass is 19.4. The van der Waals surface area contributed by atoms with Crippen molar-refractivity contribution in [1.29, 1.82) is 0 Å². The minimum Gasteiger partial charge on any atom is -0.370 e. The quantitative estimate of drug-likeness (QED) is 0.726. The lowest BCUT2D eigenvalue weighted by molar-refractivity contribution is -0.171. The summed E-state index contributed by atoms with van der Waals surface area (Å²) in [6.07, 6.45) is -4.18. The van der Waals surface area contributed by atoms with E-state index in [9.17, 15) is 13.2 Å². The molecule has 0 fully saturated rings. The van der Waals surface area contributed by atoms with Crippen molar-refractivity contribution < 1.29 is 13.2 Å². The van der Waals surface area contributed by atoms with Crippen molar-refractivity contribution in [1.82, 2.24) is 9.78 Å². The van der Waals surface area contributed by atoms with Gasteiger partial charge in [0.15, 0.2) is 6.04 Å². The van der Waals surface area contributed by atoms with E-state index >= 15 is 0 Å². The molecule has 1 N–H and O–H groups in total. The van der Waals surface area contributed by atoms with Gasteiger partial charge in [0.2, 0.25) is 0 Å². The highest BCUT2D eigenvalue weighted by Gasteiger charge is 2.44. The van der Waals surface area contributed by atoms with Crippen LogP contribution in [-0.4, -0.2) is 22.5 Å². The summed E-state index contributed by atoms with van der Waals surface area (Å²) in [4.78, 5) is 0. The summed E-state index contributed by atoms with van der Waals surface area (Å²) in [6, 6.07) is -1.49. The van der Waals surface area contributed by atoms with Crippen molar-refractivity contribution in [3.8, 4) is 0 Å². The van der Waals surface area contributed by atoms with Gasteiger partial charge >= 0.3 is 6.18 Å². The minimum atomic E-state index is -4.22. The van der Waals surface area contributed by atoms with E-state index in [0.717, 1.165) is 10.2 Å². The van der Waals surface area contributed by atoms with Crippen LogP contribution < -0.4 is 5.32 Å². The maximum absolute atomic E-state index is 12.7. The van der Waals surface area contributed by atoms with Crippen LogP contribution in [0.1, 0.15) is 23.7 Å². The summed E-state index contributed by atoms with van der Waals surface area (Å²) >= 11 is 0. The number of aryl methyl sites for hydroxylation is 1. The minimum absolute atomic E-state index is 0.0388. The van der Waals surface area contributed by atoms with Crippen LogP contribution in [0.5, 0.6) is 0 Å². The molecule has 1 atom stereocenters. The van der Waals surface area contributed by atoms with Gasteiger partial charge in [-0.05, 0) is 20.3 Å². The largest absolute Gasteiger partial charge is 0.410 e. The van der Waals surface area contributed by atoms with E-state index < -0.39 is 12.2 Å². The number of anilines is 1. The normalized spacial score (nSPS) is 21.0. The maximum atomic E-state index is 12.7. The van der Waals surface area contributed by atoms with Gasteiger partial charge in [0.25, 0.3) is 0 Å². The predicted molar refractivity (Wildman–Crippen MR) is 49.9 cm³/mol. The first-order valence-electron chi connectivity index (χ1n) is 4.77. The van der Waals surface area contributed by atoms with Crippen LogP contribution in [0.25, 0.3) is 0 Å². The van der Waals surface area contributed by atoms with Gasteiger partial charge in [-0.2, -0.15) is 18.3 Å². The molecule has 0 aromatic carbocycles. The molecule has 0 spiro atoms. The Labute approximate surface area is 85.3 Å². The molecule has 2 heterocycles. The summed E-state index contributed by atoms with van der Waals surface area (Å²) in [5.74, 6) is 0.501. The molecule has 0 saturated heterocycles. The smallest absolute Gasteiger partial charge is 0.370 e. The summed E-state index contributed by atoms with van der Waals surface area (Å²) in [5, 5.41) is 6.89. The Morgan fingerprint density at radius 1 is 1.40 bits per heavy atom. The van der Waals surface area contributed by atoms with Crippen LogP contribution in [0.4, 0.5) is 19.0 Å². The molecule has 15 heavy (non-hydrogen) atoms. The van der Waals surface area contributed by atoms with Crippen LogP contribution in [-0.2, 0) is 0 Å². The number of aromatic nitrogens is 2. The molecule has 1 aliphatic rings. The average Bonchev–Trinajstić information content (AvgIpc) is 2.41. The Balaban J connectivity index is 2.48. The topological polar surface area (TPSA) is 29.9 Å². The molecule has 2 rings (SSSR count). The second kappa shape index (κ2) is 3.15. The van der Waals surface area contributed by atoms with Gasteiger partial charge in [0.05, 0.1) is 5.69 Å². The van der Waals surface area contributed by atoms with Crippen molar-refractivity contribution in [2.24, 2.45) is 0 Å². The van der Waals surface area contributed by atoms with E-state index in [1.54, 1.807) is 13.8 Å². The van der Waals surface area contributed by atoms with Crippen molar-refractivity contribution in [3.05, 3.63) is 11.3 Å². The van der Waals surface area contributed by atoms with Crippen LogP contribution in [0.15, 0.2) is 0 Å². The number of hydrogen-bond acceptors (Lipinski definition) is 2. The number of fused-ring (bicyclic) bond motifs is 1. The molecule has 0 bridgehead atoms. The zero-order valence-electron chi connectivity index (χ0n) is 8.52. The van der Waals surface area contributed by atoms with Crippen molar-refractivity contribution in [2.75, 3.05) is 11.9 Å². The van der Waals surface area contributed by atoms with E-state index in [1.165, 1.54) is 0 Å². The van der Waals surface area contributed by atoms with Gasteiger partial charge in [-0.1, -0.05) is 0 Å². The Morgan fingerprint density at radius 3 is 2.67 bits per heavy atom. The predicted octanol–water partition coefficient (Wildman–Crippen LogP) is 2.42. The van der Waals surface area contributed by atoms with E-state index in [-0.39, 0.29) is 6.42 Å². The Bertz CT molecular complexity index is 381. The van der Waals surface area contributed by atoms with Crippen LogP contribution in [0.2, 0.25) is 0 Å². The molecule has 0 saturated carbocycles. The van der Waals surface area contributed by atoms with E-state index in [0.29, 0.717) is 18.1 Å². The van der Waals surface area contributed by atoms with Gasteiger partial charge < -0.3 is 5.32 Å². The van der Waals surface area contributed by atoms with E-state index in [4.69, 9.17) is 0 Å². The number of nitrogens with zero attached hydrogens (tertiary/aromatic N) is 2. The zero-order chi connectivity index (χ0) is 11.2. The fourth-order valence-electron chi connectivity index (χ4n) is 1.82. The van der Waals surface area contributed by atoms with Crippen LogP contribution in [0, 0.1) is 13.8 Å². The first kappa shape index (κ1) is 10.3. The van der Waals surface area contributed by atoms with Gasteiger partial charge in [0, 0.05) is 12.1 Å². The fourth-order valence-corrected chi connectivity index (χ4v) is 1.82. The number of halogens is 3. The van der Waals surface area contributed by atoms with Crippen LogP contribution in [0.3, 0.4) is 0 Å². The first-order chi connectivity index (χ1) is 6.91. The number of alkyl halides is 3.